The molecule has 0 unspecified atom stereocenters. The molecule has 116 valence electrons. The van der Waals surface area contributed by atoms with Crippen molar-refractivity contribution in [1.29, 1.82) is 0 Å². The van der Waals surface area contributed by atoms with Crippen molar-refractivity contribution in [3.8, 4) is 5.75 Å². The zero-order valence-corrected chi connectivity index (χ0v) is 12.7. The molecular formula is C16H19N3O3. The van der Waals surface area contributed by atoms with E-state index in [4.69, 9.17) is 4.74 Å². The van der Waals surface area contributed by atoms with Crippen LogP contribution in [0.5, 0.6) is 5.75 Å². The normalized spacial score (nSPS) is 17.2. The van der Waals surface area contributed by atoms with Crippen LogP contribution in [0.2, 0.25) is 0 Å². The van der Waals surface area contributed by atoms with E-state index in [2.05, 4.69) is 10.3 Å². The molecule has 1 amide bonds. The fraction of sp³-hybridized carbons (Fsp3) is 0.375. The first kappa shape index (κ1) is 14.6. The predicted molar refractivity (Wildman–Crippen MR) is 82.0 cm³/mol. The molecule has 2 heterocycles. The van der Waals surface area contributed by atoms with Crippen molar-refractivity contribution >= 4 is 11.6 Å². The van der Waals surface area contributed by atoms with E-state index in [1.807, 2.05) is 23.8 Å². The highest BCUT2D eigenvalue weighted by molar-refractivity contribution is 5.95. The second-order valence-corrected chi connectivity index (χ2v) is 5.50. The number of aromatic hydroxyl groups is 1. The minimum absolute atomic E-state index is 0.0676. The van der Waals surface area contributed by atoms with Gasteiger partial charge in [0.25, 0.3) is 0 Å². The number of aryl methyl sites for hydroxylation is 1. The third-order valence-corrected chi connectivity index (χ3v) is 4.00. The largest absolute Gasteiger partial charge is 0.508 e. The summed E-state index contributed by atoms with van der Waals surface area (Å²) in [6.45, 7) is 3.13. The average Bonchev–Trinajstić information content (AvgIpc) is 2.94. The maximum absolute atomic E-state index is 12.0. The Kier molecular flexibility index (Phi) is 3.85. The molecule has 1 aromatic heterocycles. The Bertz CT molecular complexity index is 709. The standard InChI is InChI=1S/C16H19N3O3/c1-10-7-11-12(8-15(21)18-13(11)9-14(10)20)16-17-3-4-19(16)5-6-22-2/h3-4,7,9,12,20H,5-6,8H2,1-2H3,(H,18,21)/t12-/m1/s1. The van der Waals surface area contributed by atoms with Crippen molar-refractivity contribution < 1.29 is 14.6 Å². The van der Waals surface area contributed by atoms with Gasteiger partial charge in [0, 0.05) is 44.2 Å². The van der Waals surface area contributed by atoms with Crippen molar-refractivity contribution in [3.63, 3.8) is 0 Å². The Morgan fingerprint density at radius 3 is 3.09 bits per heavy atom. The van der Waals surface area contributed by atoms with Crippen LogP contribution in [0.25, 0.3) is 0 Å². The number of ether oxygens (including phenoxy) is 1. The van der Waals surface area contributed by atoms with Crippen LogP contribution in [0, 0.1) is 6.92 Å². The first-order valence-corrected chi connectivity index (χ1v) is 7.23. The molecule has 0 aliphatic carbocycles. The first-order chi connectivity index (χ1) is 10.6. The molecule has 1 aromatic carbocycles. The summed E-state index contributed by atoms with van der Waals surface area (Å²) in [6, 6.07) is 3.53. The molecule has 2 aromatic rings. The average molecular weight is 301 g/mol. The summed E-state index contributed by atoms with van der Waals surface area (Å²) in [5.74, 6) is 0.845. The van der Waals surface area contributed by atoms with E-state index < -0.39 is 0 Å². The molecule has 0 fully saturated rings. The van der Waals surface area contributed by atoms with E-state index in [1.165, 1.54) is 0 Å². The molecule has 0 radical (unpaired) electrons. The van der Waals surface area contributed by atoms with Gasteiger partial charge >= 0.3 is 0 Å². The topological polar surface area (TPSA) is 76.4 Å². The summed E-state index contributed by atoms with van der Waals surface area (Å²) < 4.78 is 7.13. The molecule has 0 saturated heterocycles. The minimum atomic E-state index is -0.116. The highest BCUT2D eigenvalue weighted by Crippen LogP contribution is 2.39. The van der Waals surface area contributed by atoms with E-state index >= 15 is 0 Å². The second-order valence-electron chi connectivity index (χ2n) is 5.50. The van der Waals surface area contributed by atoms with Gasteiger partial charge in [-0.05, 0) is 24.1 Å². The fourth-order valence-electron chi connectivity index (χ4n) is 2.85. The molecule has 0 saturated carbocycles. The van der Waals surface area contributed by atoms with Gasteiger partial charge in [-0.1, -0.05) is 0 Å². The maximum atomic E-state index is 12.0. The molecule has 2 N–H and O–H groups in total. The number of anilines is 1. The van der Waals surface area contributed by atoms with E-state index in [9.17, 15) is 9.90 Å². The molecule has 1 aliphatic heterocycles. The lowest BCUT2D eigenvalue weighted by molar-refractivity contribution is -0.116. The maximum Gasteiger partial charge on any atom is 0.225 e. The number of nitrogens with zero attached hydrogens (tertiary/aromatic N) is 2. The van der Waals surface area contributed by atoms with Crippen LogP contribution in [0.4, 0.5) is 5.69 Å². The summed E-state index contributed by atoms with van der Waals surface area (Å²) in [4.78, 5) is 16.4. The Labute approximate surface area is 128 Å². The molecule has 3 rings (SSSR count). The number of hydrogen-bond acceptors (Lipinski definition) is 4. The molecule has 6 nitrogen and oxygen atoms in total. The van der Waals surface area contributed by atoms with Crippen LogP contribution in [0.15, 0.2) is 24.5 Å². The molecule has 1 aliphatic rings. The number of carbonyl (C=O) groups excluding carboxylic acids is 1. The van der Waals surface area contributed by atoms with Gasteiger partial charge in [-0.3, -0.25) is 4.79 Å². The van der Waals surface area contributed by atoms with Crippen LogP contribution in [-0.4, -0.2) is 34.3 Å². The van der Waals surface area contributed by atoms with Gasteiger partial charge in [0.1, 0.15) is 11.6 Å². The number of fused-ring (bicyclic) bond motifs is 1. The highest BCUT2D eigenvalue weighted by atomic mass is 16.5. The summed E-state index contributed by atoms with van der Waals surface area (Å²) in [7, 11) is 1.66. The van der Waals surface area contributed by atoms with Crippen LogP contribution < -0.4 is 5.32 Å². The van der Waals surface area contributed by atoms with Crippen LogP contribution in [-0.2, 0) is 16.1 Å². The van der Waals surface area contributed by atoms with E-state index in [-0.39, 0.29) is 17.6 Å². The summed E-state index contributed by atoms with van der Waals surface area (Å²) in [6.07, 6.45) is 3.99. The van der Waals surface area contributed by atoms with Crippen LogP contribution in [0.3, 0.4) is 0 Å². The van der Waals surface area contributed by atoms with Crippen molar-refractivity contribution in [1.82, 2.24) is 9.55 Å². The van der Waals surface area contributed by atoms with Gasteiger partial charge in [-0.15, -0.1) is 0 Å². The number of methoxy groups -OCH3 is 1. The summed E-state index contributed by atoms with van der Waals surface area (Å²) >= 11 is 0. The third kappa shape index (κ3) is 2.57. The number of nitrogens with one attached hydrogen (secondary N) is 1. The van der Waals surface area contributed by atoms with Crippen molar-refractivity contribution in [2.45, 2.75) is 25.8 Å². The SMILES string of the molecule is COCCn1ccnc1[C@@H]1CC(=O)Nc2cc(O)c(C)cc21. The quantitative estimate of drug-likeness (QED) is 0.906. The smallest absolute Gasteiger partial charge is 0.225 e. The van der Waals surface area contributed by atoms with Gasteiger partial charge in [-0.25, -0.2) is 4.98 Å². The Morgan fingerprint density at radius 1 is 1.50 bits per heavy atom. The molecule has 6 heteroatoms. The zero-order valence-electron chi connectivity index (χ0n) is 12.7. The van der Waals surface area contributed by atoms with Gasteiger partial charge < -0.3 is 19.7 Å². The Morgan fingerprint density at radius 2 is 2.32 bits per heavy atom. The molecule has 0 bridgehead atoms. The summed E-state index contributed by atoms with van der Waals surface area (Å²) in [5.41, 5.74) is 2.43. The lowest BCUT2D eigenvalue weighted by atomic mass is 9.88. The number of benzene rings is 1. The first-order valence-electron chi connectivity index (χ1n) is 7.23. The van der Waals surface area contributed by atoms with Crippen LogP contribution in [0.1, 0.15) is 29.3 Å². The highest BCUT2D eigenvalue weighted by Gasteiger charge is 2.30. The Balaban J connectivity index is 2.04. The molecular weight excluding hydrogens is 282 g/mol. The van der Waals surface area contributed by atoms with Gasteiger partial charge in [0.15, 0.2) is 0 Å². The van der Waals surface area contributed by atoms with Gasteiger partial charge in [0.2, 0.25) is 5.91 Å². The predicted octanol–water partition coefficient (Wildman–Crippen LogP) is 2.02. The van der Waals surface area contributed by atoms with Gasteiger partial charge in [0.05, 0.1) is 12.5 Å². The zero-order chi connectivity index (χ0) is 15.7. The van der Waals surface area contributed by atoms with Crippen molar-refractivity contribution in [2.24, 2.45) is 0 Å². The molecule has 22 heavy (non-hydrogen) atoms. The number of phenols is 1. The van der Waals surface area contributed by atoms with Crippen molar-refractivity contribution in [3.05, 3.63) is 41.5 Å². The monoisotopic (exact) mass is 301 g/mol. The number of rotatable bonds is 4. The fourth-order valence-corrected chi connectivity index (χ4v) is 2.85. The second kappa shape index (κ2) is 5.81. The summed E-state index contributed by atoms with van der Waals surface area (Å²) in [5, 5.41) is 12.7. The molecule has 1 atom stereocenters. The van der Waals surface area contributed by atoms with E-state index in [0.29, 0.717) is 25.3 Å². The third-order valence-electron chi connectivity index (χ3n) is 4.00. The number of aromatic nitrogens is 2. The number of amides is 1. The lowest BCUT2D eigenvalue weighted by Crippen LogP contribution is -2.25. The van der Waals surface area contributed by atoms with Crippen molar-refractivity contribution in [2.75, 3.05) is 19.0 Å². The number of phenolic OH excluding ortho intramolecular Hbond substituents is 1. The van der Waals surface area contributed by atoms with E-state index in [1.54, 1.807) is 19.4 Å². The van der Waals surface area contributed by atoms with E-state index in [0.717, 1.165) is 17.0 Å². The molecule has 0 spiro atoms. The lowest BCUT2D eigenvalue weighted by Gasteiger charge is -2.26. The number of hydrogen-bond donors (Lipinski definition) is 2. The Hall–Kier alpha value is -2.34. The van der Waals surface area contributed by atoms with Crippen LogP contribution >= 0.6 is 0 Å². The number of imidazole rings is 1. The minimum Gasteiger partial charge on any atom is -0.508 e. The van der Waals surface area contributed by atoms with Gasteiger partial charge in [-0.2, -0.15) is 0 Å². The number of carbonyl (C=O) groups is 1.